The fourth-order valence-electron chi connectivity index (χ4n) is 1.44. The molecular formula is C13H18BrClN2O2S. The molecule has 112 valence electrons. The number of alkyl carbamates (subject to hydrolysis) is 1. The Labute approximate surface area is 137 Å². The minimum absolute atomic E-state index is 0.0249. The molecular weight excluding hydrogens is 364 g/mol. The molecule has 4 nitrogen and oxygen atoms in total. The standard InChI is InChI=1S/C13H18BrClN2O2S/c1-13(2,3)19-12(18)17-7-10(20-4)11-9(15)5-8(14)6-16-11/h5-6,10H,7H2,1-4H3,(H,17,18). The van der Waals surface area contributed by atoms with Gasteiger partial charge in [0, 0.05) is 17.2 Å². The molecule has 1 N–H and O–H groups in total. The van der Waals surface area contributed by atoms with E-state index in [2.05, 4.69) is 26.2 Å². The maximum absolute atomic E-state index is 11.6. The van der Waals surface area contributed by atoms with E-state index in [-0.39, 0.29) is 5.25 Å². The predicted octanol–water partition coefficient (Wildman–Crippen LogP) is 4.43. The van der Waals surface area contributed by atoms with Crippen molar-refractivity contribution in [3.8, 4) is 0 Å². The van der Waals surface area contributed by atoms with Crippen molar-refractivity contribution in [1.29, 1.82) is 0 Å². The van der Waals surface area contributed by atoms with Crippen molar-refractivity contribution in [1.82, 2.24) is 10.3 Å². The second-order valence-corrected chi connectivity index (χ2v) is 7.49. The van der Waals surface area contributed by atoms with E-state index in [0.717, 1.165) is 10.2 Å². The molecule has 0 aromatic carbocycles. The van der Waals surface area contributed by atoms with E-state index in [1.54, 1.807) is 24.0 Å². The molecule has 0 aliphatic heterocycles. The van der Waals surface area contributed by atoms with Crippen LogP contribution < -0.4 is 5.32 Å². The van der Waals surface area contributed by atoms with Gasteiger partial charge in [0.15, 0.2) is 0 Å². The van der Waals surface area contributed by atoms with Crippen molar-refractivity contribution in [3.05, 3.63) is 27.5 Å². The predicted molar refractivity (Wildman–Crippen MR) is 87.4 cm³/mol. The number of hydrogen-bond donors (Lipinski definition) is 1. The quantitative estimate of drug-likeness (QED) is 0.838. The Morgan fingerprint density at radius 1 is 1.60 bits per heavy atom. The van der Waals surface area contributed by atoms with Crippen LogP contribution in [0.4, 0.5) is 4.79 Å². The van der Waals surface area contributed by atoms with E-state index in [1.807, 2.05) is 27.0 Å². The van der Waals surface area contributed by atoms with Crippen molar-refractivity contribution in [2.45, 2.75) is 31.6 Å². The fourth-order valence-corrected chi connectivity index (χ4v) is 2.93. The average Bonchev–Trinajstić information content (AvgIpc) is 2.29. The molecule has 1 rings (SSSR count). The van der Waals surface area contributed by atoms with Gasteiger partial charge in [-0.1, -0.05) is 11.6 Å². The molecule has 1 heterocycles. The first kappa shape index (κ1) is 17.6. The number of amides is 1. The van der Waals surface area contributed by atoms with Gasteiger partial charge in [0.05, 0.1) is 16.0 Å². The molecule has 7 heteroatoms. The highest BCUT2D eigenvalue weighted by atomic mass is 79.9. The van der Waals surface area contributed by atoms with Crippen LogP contribution in [0.3, 0.4) is 0 Å². The maximum Gasteiger partial charge on any atom is 0.407 e. The van der Waals surface area contributed by atoms with Gasteiger partial charge < -0.3 is 10.1 Å². The number of halogens is 2. The number of pyridine rings is 1. The average molecular weight is 382 g/mol. The summed E-state index contributed by atoms with van der Waals surface area (Å²) in [4.78, 5) is 16.0. The third-order valence-corrected chi connectivity index (χ3v) is 3.95. The summed E-state index contributed by atoms with van der Waals surface area (Å²) < 4.78 is 6.02. The van der Waals surface area contributed by atoms with E-state index < -0.39 is 11.7 Å². The van der Waals surface area contributed by atoms with Gasteiger partial charge >= 0.3 is 6.09 Å². The minimum atomic E-state index is -0.507. The fraction of sp³-hybridized carbons (Fsp3) is 0.538. The highest BCUT2D eigenvalue weighted by Gasteiger charge is 2.20. The number of nitrogens with one attached hydrogen (secondary N) is 1. The summed E-state index contributed by atoms with van der Waals surface area (Å²) in [6, 6.07) is 1.79. The zero-order valence-corrected chi connectivity index (χ0v) is 15.0. The molecule has 0 radical (unpaired) electrons. The van der Waals surface area contributed by atoms with Crippen molar-refractivity contribution < 1.29 is 9.53 Å². The van der Waals surface area contributed by atoms with Crippen LogP contribution in [-0.4, -0.2) is 29.5 Å². The highest BCUT2D eigenvalue weighted by Crippen LogP contribution is 2.31. The summed E-state index contributed by atoms with van der Waals surface area (Å²) in [5.41, 5.74) is 0.241. The number of ether oxygens (including phenoxy) is 1. The van der Waals surface area contributed by atoms with Gasteiger partial charge in [-0.25, -0.2) is 4.79 Å². The van der Waals surface area contributed by atoms with Gasteiger partial charge in [-0.3, -0.25) is 4.98 Å². The molecule has 0 fully saturated rings. The normalized spacial score (nSPS) is 12.9. The smallest absolute Gasteiger partial charge is 0.407 e. The molecule has 1 unspecified atom stereocenters. The number of carbonyl (C=O) groups is 1. The third kappa shape index (κ3) is 5.89. The molecule has 1 amide bonds. The lowest BCUT2D eigenvalue weighted by Crippen LogP contribution is -2.34. The summed E-state index contributed by atoms with van der Waals surface area (Å²) >= 11 is 11.1. The van der Waals surface area contributed by atoms with Gasteiger partial charge in [-0.15, -0.1) is 0 Å². The monoisotopic (exact) mass is 380 g/mol. The number of nitrogens with zero attached hydrogens (tertiary/aromatic N) is 1. The zero-order valence-electron chi connectivity index (χ0n) is 11.9. The van der Waals surface area contributed by atoms with Crippen molar-refractivity contribution in [2.24, 2.45) is 0 Å². The van der Waals surface area contributed by atoms with E-state index >= 15 is 0 Å². The molecule has 0 aliphatic rings. The summed E-state index contributed by atoms with van der Waals surface area (Å²) in [5.74, 6) is 0. The first-order chi connectivity index (χ1) is 9.23. The van der Waals surface area contributed by atoms with E-state index in [1.165, 1.54) is 0 Å². The summed E-state index contributed by atoms with van der Waals surface area (Å²) in [6.45, 7) is 5.88. The number of thioether (sulfide) groups is 1. The molecule has 1 aromatic rings. The Morgan fingerprint density at radius 2 is 2.25 bits per heavy atom. The number of rotatable bonds is 4. The first-order valence-corrected chi connectivity index (χ1v) is 8.49. The maximum atomic E-state index is 11.6. The first-order valence-electron chi connectivity index (χ1n) is 6.03. The Bertz CT molecular complexity index is 480. The largest absolute Gasteiger partial charge is 0.444 e. The van der Waals surface area contributed by atoms with Crippen LogP contribution in [0.15, 0.2) is 16.7 Å². The van der Waals surface area contributed by atoms with Crippen LogP contribution in [0.2, 0.25) is 5.02 Å². The summed E-state index contributed by atoms with van der Waals surface area (Å²) in [5, 5.41) is 3.29. The molecule has 0 aliphatic carbocycles. The third-order valence-electron chi connectivity index (χ3n) is 2.26. The minimum Gasteiger partial charge on any atom is -0.444 e. The Kier molecular flexibility index (Phi) is 6.61. The molecule has 0 bridgehead atoms. The second-order valence-electron chi connectivity index (χ2n) is 5.13. The number of hydrogen-bond acceptors (Lipinski definition) is 4. The van der Waals surface area contributed by atoms with Crippen molar-refractivity contribution >= 4 is 45.4 Å². The van der Waals surface area contributed by atoms with E-state index in [9.17, 15) is 4.79 Å². The summed E-state index contributed by atoms with van der Waals surface area (Å²) in [7, 11) is 0. The van der Waals surface area contributed by atoms with Crippen LogP contribution in [0.1, 0.15) is 31.7 Å². The van der Waals surface area contributed by atoms with Crippen LogP contribution in [0.25, 0.3) is 0 Å². The molecule has 0 saturated carbocycles. The van der Waals surface area contributed by atoms with Gasteiger partial charge in [0.2, 0.25) is 0 Å². The van der Waals surface area contributed by atoms with Crippen LogP contribution in [0, 0.1) is 0 Å². The van der Waals surface area contributed by atoms with Crippen molar-refractivity contribution in [3.63, 3.8) is 0 Å². The Morgan fingerprint density at radius 3 is 2.75 bits per heavy atom. The summed E-state index contributed by atoms with van der Waals surface area (Å²) in [6.07, 6.45) is 3.20. The van der Waals surface area contributed by atoms with Crippen molar-refractivity contribution in [2.75, 3.05) is 12.8 Å². The molecule has 0 saturated heterocycles. The van der Waals surface area contributed by atoms with Gasteiger partial charge in [-0.2, -0.15) is 11.8 Å². The molecule has 20 heavy (non-hydrogen) atoms. The molecule has 0 spiro atoms. The van der Waals surface area contributed by atoms with Crippen LogP contribution in [-0.2, 0) is 4.74 Å². The van der Waals surface area contributed by atoms with Gasteiger partial charge in [0.1, 0.15) is 5.60 Å². The Hall–Kier alpha value is -0.460. The lowest BCUT2D eigenvalue weighted by molar-refractivity contribution is 0.0528. The number of aromatic nitrogens is 1. The lowest BCUT2D eigenvalue weighted by atomic mass is 10.2. The SMILES string of the molecule is CSC(CNC(=O)OC(C)(C)C)c1ncc(Br)cc1Cl. The second kappa shape index (κ2) is 7.52. The zero-order chi connectivity index (χ0) is 15.3. The van der Waals surface area contributed by atoms with Gasteiger partial charge in [-0.05, 0) is 49.0 Å². The van der Waals surface area contributed by atoms with E-state index in [4.69, 9.17) is 16.3 Å². The molecule has 1 aromatic heterocycles. The van der Waals surface area contributed by atoms with Gasteiger partial charge in [0.25, 0.3) is 0 Å². The van der Waals surface area contributed by atoms with Crippen LogP contribution >= 0.6 is 39.3 Å². The van der Waals surface area contributed by atoms with E-state index in [0.29, 0.717) is 11.6 Å². The van der Waals surface area contributed by atoms with Crippen LogP contribution in [0.5, 0.6) is 0 Å². The highest BCUT2D eigenvalue weighted by molar-refractivity contribution is 9.10. The Balaban J connectivity index is 2.66. The number of carbonyl (C=O) groups excluding carboxylic acids is 1. The lowest BCUT2D eigenvalue weighted by Gasteiger charge is -2.21. The molecule has 1 atom stereocenters. The topological polar surface area (TPSA) is 51.2 Å².